The molecule has 7 nitrogen and oxygen atoms in total. The van der Waals surface area contributed by atoms with Crippen molar-refractivity contribution in [1.82, 2.24) is 19.6 Å². The van der Waals surface area contributed by atoms with Gasteiger partial charge in [-0.15, -0.1) is 0 Å². The highest BCUT2D eigenvalue weighted by Gasteiger charge is 2.38. The maximum Gasteiger partial charge on any atom is 0.275 e. The fourth-order valence-electron chi connectivity index (χ4n) is 3.97. The lowest BCUT2D eigenvalue weighted by atomic mass is 10.1. The van der Waals surface area contributed by atoms with Gasteiger partial charge in [0.1, 0.15) is 6.04 Å². The number of nitrogens with zero attached hydrogens (tertiary/aromatic N) is 4. The summed E-state index contributed by atoms with van der Waals surface area (Å²) >= 11 is 0. The molecule has 1 atom stereocenters. The Bertz CT molecular complexity index is 868. The van der Waals surface area contributed by atoms with Gasteiger partial charge in [-0.3, -0.25) is 14.3 Å². The second kappa shape index (κ2) is 7.75. The number of likely N-dealkylation sites (tertiary alicyclic amines) is 1. The van der Waals surface area contributed by atoms with Crippen LogP contribution in [-0.2, 0) is 16.6 Å². The molecule has 4 rings (SSSR count). The Morgan fingerprint density at radius 2 is 1.82 bits per heavy atom. The number of hydrogen-bond donors (Lipinski definition) is 0. The fraction of sp³-hybridized carbons (Fsp3) is 0.476. The van der Waals surface area contributed by atoms with Gasteiger partial charge in [-0.05, 0) is 31.4 Å². The topological polar surface area (TPSA) is 67.7 Å². The number of carbonyl (C=O) groups excluding carboxylic acids is 2. The Hall–Kier alpha value is -2.67. The van der Waals surface area contributed by atoms with Gasteiger partial charge >= 0.3 is 0 Å². The van der Waals surface area contributed by atoms with Gasteiger partial charge in [-0.2, -0.15) is 5.10 Å². The minimum Gasteiger partial charge on any atom is -0.378 e. The van der Waals surface area contributed by atoms with Crippen LogP contribution >= 0.6 is 0 Å². The lowest BCUT2D eigenvalue weighted by Crippen LogP contribution is -2.51. The van der Waals surface area contributed by atoms with Crippen LogP contribution in [0.4, 0.5) is 0 Å². The quantitative estimate of drug-likeness (QED) is 0.813. The van der Waals surface area contributed by atoms with Crippen LogP contribution in [-0.4, -0.2) is 70.3 Å². The number of aryl methyl sites for hydroxylation is 2. The molecule has 2 aliphatic heterocycles. The number of morpholine rings is 1. The Morgan fingerprint density at radius 1 is 1.11 bits per heavy atom. The maximum atomic E-state index is 13.2. The molecule has 2 aromatic rings. The lowest BCUT2D eigenvalue weighted by Gasteiger charge is -2.32. The summed E-state index contributed by atoms with van der Waals surface area (Å²) in [6.07, 6.45) is 1.55. The lowest BCUT2D eigenvalue weighted by molar-refractivity contribution is -0.139. The molecule has 7 heteroatoms. The van der Waals surface area contributed by atoms with Gasteiger partial charge in [0.05, 0.1) is 18.9 Å². The van der Waals surface area contributed by atoms with E-state index in [4.69, 9.17) is 4.74 Å². The van der Waals surface area contributed by atoms with E-state index in [1.54, 1.807) is 9.58 Å². The second-order valence-corrected chi connectivity index (χ2v) is 7.50. The largest absolute Gasteiger partial charge is 0.378 e. The molecule has 0 N–H and O–H groups in total. The number of amides is 2. The van der Waals surface area contributed by atoms with Crippen molar-refractivity contribution in [2.24, 2.45) is 7.05 Å². The van der Waals surface area contributed by atoms with Crippen molar-refractivity contribution >= 4 is 11.8 Å². The molecule has 148 valence electrons. The van der Waals surface area contributed by atoms with Gasteiger partial charge in [-0.25, -0.2) is 0 Å². The van der Waals surface area contributed by atoms with Gasteiger partial charge in [0.15, 0.2) is 5.69 Å². The number of hydrogen-bond acceptors (Lipinski definition) is 4. The van der Waals surface area contributed by atoms with Crippen molar-refractivity contribution in [3.05, 3.63) is 41.6 Å². The van der Waals surface area contributed by atoms with Gasteiger partial charge in [0, 0.05) is 26.7 Å². The summed E-state index contributed by atoms with van der Waals surface area (Å²) in [4.78, 5) is 29.6. The average molecular weight is 382 g/mol. The maximum absolute atomic E-state index is 13.2. The summed E-state index contributed by atoms with van der Waals surface area (Å²) in [6.45, 7) is 4.95. The zero-order valence-electron chi connectivity index (χ0n) is 16.4. The molecule has 0 unspecified atom stereocenters. The smallest absolute Gasteiger partial charge is 0.275 e. The minimum absolute atomic E-state index is 0.0313. The molecule has 0 spiro atoms. The molecule has 0 radical (unpaired) electrons. The molecule has 28 heavy (non-hydrogen) atoms. The predicted molar refractivity (Wildman–Crippen MR) is 105 cm³/mol. The third-order valence-corrected chi connectivity index (χ3v) is 5.57. The van der Waals surface area contributed by atoms with E-state index in [9.17, 15) is 9.59 Å². The van der Waals surface area contributed by atoms with Gasteiger partial charge in [0.25, 0.3) is 5.91 Å². The molecule has 0 saturated carbocycles. The van der Waals surface area contributed by atoms with E-state index >= 15 is 0 Å². The summed E-state index contributed by atoms with van der Waals surface area (Å²) in [5.41, 5.74) is 3.48. The van der Waals surface area contributed by atoms with E-state index in [1.807, 2.05) is 49.2 Å². The van der Waals surface area contributed by atoms with Gasteiger partial charge in [-0.1, -0.05) is 29.8 Å². The van der Waals surface area contributed by atoms with Crippen molar-refractivity contribution < 1.29 is 14.3 Å². The summed E-state index contributed by atoms with van der Waals surface area (Å²) < 4.78 is 7.06. The highest BCUT2D eigenvalue weighted by Crippen LogP contribution is 2.25. The standard InChI is InChI=1S/C21H26N4O3/c1-15-5-7-16(8-6-15)19-14-17(22-23(19)2)20(26)25-9-3-4-18(25)21(27)24-10-12-28-13-11-24/h5-8,14,18H,3-4,9-13H2,1-2H3/t18-/m1/s1. The van der Waals surface area contributed by atoms with Gasteiger partial charge in [0.2, 0.25) is 5.91 Å². The number of aromatic nitrogens is 2. The summed E-state index contributed by atoms with van der Waals surface area (Å²) in [5, 5.41) is 4.44. The highest BCUT2D eigenvalue weighted by molar-refractivity contribution is 5.97. The van der Waals surface area contributed by atoms with E-state index in [0.717, 1.165) is 17.7 Å². The Balaban J connectivity index is 1.54. The van der Waals surface area contributed by atoms with Crippen LogP contribution in [0.1, 0.15) is 28.9 Å². The first kappa shape index (κ1) is 18.7. The molecular weight excluding hydrogens is 356 g/mol. The first-order chi connectivity index (χ1) is 13.5. The van der Waals surface area contributed by atoms with Crippen LogP contribution in [0.3, 0.4) is 0 Å². The van der Waals surface area contributed by atoms with E-state index in [-0.39, 0.29) is 11.8 Å². The molecule has 1 aromatic carbocycles. The third-order valence-electron chi connectivity index (χ3n) is 5.57. The Kier molecular flexibility index (Phi) is 5.17. The summed E-state index contributed by atoms with van der Waals surface area (Å²) in [7, 11) is 1.84. The van der Waals surface area contributed by atoms with Crippen molar-refractivity contribution in [3.8, 4) is 11.3 Å². The summed E-state index contributed by atoms with van der Waals surface area (Å²) in [5.74, 6) is -0.137. The number of rotatable bonds is 3. The van der Waals surface area contributed by atoms with E-state index in [1.165, 1.54) is 5.56 Å². The number of carbonyl (C=O) groups is 2. The zero-order chi connectivity index (χ0) is 19.7. The number of ether oxygens (including phenoxy) is 1. The van der Waals surface area contributed by atoms with E-state index < -0.39 is 6.04 Å². The first-order valence-corrected chi connectivity index (χ1v) is 9.83. The molecule has 0 bridgehead atoms. The molecule has 2 saturated heterocycles. The molecule has 3 heterocycles. The molecular formula is C21H26N4O3. The number of benzene rings is 1. The van der Waals surface area contributed by atoms with Crippen molar-refractivity contribution in [3.63, 3.8) is 0 Å². The normalized spacial score (nSPS) is 19.9. The van der Waals surface area contributed by atoms with Crippen molar-refractivity contribution in [2.45, 2.75) is 25.8 Å². The molecule has 0 aliphatic carbocycles. The van der Waals surface area contributed by atoms with Crippen LogP contribution in [0.5, 0.6) is 0 Å². The molecule has 2 fully saturated rings. The van der Waals surface area contributed by atoms with Crippen LogP contribution in [0.2, 0.25) is 0 Å². The van der Waals surface area contributed by atoms with E-state index in [2.05, 4.69) is 5.10 Å². The summed E-state index contributed by atoms with van der Waals surface area (Å²) in [6, 6.07) is 9.57. The Morgan fingerprint density at radius 3 is 2.54 bits per heavy atom. The van der Waals surface area contributed by atoms with E-state index in [0.29, 0.717) is 45.0 Å². The molecule has 1 aromatic heterocycles. The van der Waals surface area contributed by atoms with Crippen LogP contribution in [0.25, 0.3) is 11.3 Å². The minimum atomic E-state index is -0.393. The van der Waals surface area contributed by atoms with Crippen LogP contribution in [0.15, 0.2) is 30.3 Å². The van der Waals surface area contributed by atoms with Crippen LogP contribution < -0.4 is 0 Å². The van der Waals surface area contributed by atoms with Crippen molar-refractivity contribution in [2.75, 3.05) is 32.8 Å². The first-order valence-electron chi connectivity index (χ1n) is 9.83. The van der Waals surface area contributed by atoms with Crippen LogP contribution in [0, 0.1) is 6.92 Å². The molecule has 2 aliphatic rings. The monoisotopic (exact) mass is 382 g/mol. The molecule has 2 amide bonds. The fourth-order valence-corrected chi connectivity index (χ4v) is 3.97. The third kappa shape index (κ3) is 3.54. The zero-order valence-corrected chi connectivity index (χ0v) is 16.4. The predicted octanol–water partition coefficient (Wildman–Crippen LogP) is 1.86. The second-order valence-electron chi connectivity index (χ2n) is 7.50. The highest BCUT2D eigenvalue weighted by atomic mass is 16.5. The average Bonchev–Trinajstić information content (AvgIpc) is 3.35. The SMILES string of the molecule is Cc1ccc(-c2cc(C(=O)N3CCC[C@@H]3C(=O)N3CCOCC3)nn2C)cc1. The Labute approximate surface area is 164 Å². The van der Waals surface area contributed by atoms with Gasteiger partial charge < -0.3 is 14.5 Å². The van der Waals surface area contributed by atoms with Crippen molar-refractivity contribution in [1.29, 1.82) is 0 Å².